The van der Waals surface area contributed by atoms with E-state index in [1.807, 2.05) is 17.2 Å². The molecular weight excluding hydrogens is 426 g/mol. The lowest BCUT2D eigenvalue weighted by Crippen LogP contribution is -2.59. The topological polar surface area (TPSA) is 85.3 Å². The summed E-state index contributed by atoms with van der Waals surface area (Å²) in [7, 11) is 0. The maximum atomic E-state index is 12.0. The number of aromatic amines is 1. The highest BCUT2D eigenvalue weighted by molar-refractivity contribution is 6.00. The zero-order valence-electron chi connectivity index (χ0n) is 19.4. The van der Waals surface area contributed by atoms with Gasteiger partial charge in [0.25, 0.3) is 0 Å². The van der Waals surface area contributed by atoms with Gasteiger partial charge in [0.15, 0.2) is 0 Å². The Morgan fingerprint density at radius 1 is 1.32 bits per heavy atom. The van der Waals surface area contributed by atoms with Gasteiger partial charge in [-0.2, -0.15) is 10.4 Å². The average molecular weight is 454 g/mol. The summed E-state index contributed by atoms with van der Waals surface area (Å²) in [6, 6.07) is 8.91. The number of nitrogens with one attached hydrogen (secondary N) is 1. The third-order valence-electron chi connectivity index (χ3n) is 7.78. The van der Waals surface area contributed by atoms with E-state index >= 15 is 0 Å². The minimum absolute atomic E-state index is 0.00142. The monoisotopic (exact) mass is 453 g/mol. The summed E-state index contributed by atoms with van der Waals surface area (Å²) in [6.45, 7) is 10.2. The van der Waals surface area contributed by atoms with E-state index in [0.29, 0.717) is 18.8 Å². The van der Waals surface area contributed by atoms with E-state index in [-0.39, 0.29) is 11.3 Å². The first-order valence-electron chi connectivity index (χ1n) is 11.8. The molecule has 172 valence electrons. The quantitative estimate of drug-likeness (QED) is 0.611. The molecule has 2 aromatic carbocycles. The number of H-pyrrole nitrogens is 1. The lowest BCUT2D eigenvalue weighted by Gasteiger charge is -2.47. The number of nitrogens with zero attached hydrogens (tertiary/aromatic N) is 4. The van der Waals surface area contributed by atoms with Crippen molar-refractivity contribution in [1.29, 1.82) is 5.26 Å². The van der Waals surface area contributed by atoms with E-state index < -0.39 is 0 Å². The van der Waals surface area contributed by atoms with Gasteiger partial charge in [0, 0.05) is 42.5 Å². The number of likely N-dealkylation sites (tertiary alicyclic amines) is 1. The van der Waals surface area contributed by atoms with Crippen LogP contribution >= 0.6 is 0 Å². The molecule has 4 heterocycles. The molecule has 2 fully saturated rings. The van der Waals surface area contributed by atoms with Crippen molar-refractivity contribution in [2.24, 2.45) is 5.41 Å². The van der Waals surface area contributed by atoms with Crippen LogP contribution in [-0.4, -0.2) is 53.8 Å². The molecule has 6 rings (SSSR count). The SMILES string of the molecule is C=CC(=O)N1CC2(CCN(c3cc4c(c(-c5c(C)ccc6[nH]ncc56)c3C#N)COCC4)C2)C1. The molecule has 2 saturated heterocycles. The highest BCUT2D eigenvalue weighted by Crippen LogP contribution is 2.46. The van der Waals surface area contributed by atoms with Crippen LogP contribution in [0, 0.1) is 23.7 Å². The van der Waals surface area contributed by atoms with Gasteiger partial charge in [-0.25, -0.2) is 0 Å². The molecule has 7 heteroatoms. The van der Waals surface area contributed by atoms with Gasteiger partial charge >= 0.3 is 0 Å². The third kappa shape index (κ3) is 3.06. The van der Waals surface area contributed by atoms with E-state index in [9.17, 15) is 10.1 Å². The van der Waals surface area contributed by atoms with Crippen molar-refractivity contribution in [3.05, 3.63) is 59.3 Å². The van der Waals surface area contributed by atoms with Gasteiger partial charge in [-0.15, -0.1) is 0 Å². The Hall–Kier alpha value is -3.63. The fraction of sp³-hybridized carbons (Fsp3) is 0.370. The van der Waals surface area contributed by atoms with Crippen molar-refractivity contribution in [1.82, 2.24) is 15.1 Å². The lowest BCUT2D eigenvalue weighted by molar-refractivity contribution is -0.136. The highest BCUT2D eigenvalue weighted by atomic mass is 16.5. The number of nitriles is 1. The molecule has 3 aliphatic rings. The number of hydrogen-bond acceptors (Lipinski definition) is 5. The van der Waals surface area contributed by atoms with Crippen molar-refractivity contribution in [3.63, 3.8) is 0 Å². The fourth-order valence-corrected chi connectivity index (χ4v) is 6.05. The average Bonchev–Trinajstić information content (AvgIpc) is 3.49. The molecule has 0 saturated carbocycles. The second-order valence-electron chi connectivity index (χ2n) is 9.86. The second-order valence-corrected chi connectivity index (χ2v) is 9.86. The van der Waals surface area contributed by atoms with Crippen molar-refractivity contribution in [3.8, 4) is 17.2 Å². The van der Waals surface area contributed by atoms with Gasteiger partial charge in [0.1, 0.15) is 6.07 Å². The van der Waals surface area contributed by atoms with Gasteiger partial charge in [-0.3, -0.25) is 9.89 Å². The van der Waals surface area contributed by atoms with Crippen LogP contribution in [0.4, 0.5) is 5.69 Å². The van der Waals surface area contributed by atoms with Gasteiger partial charge in [-0.1, -0.05) is 12.6 Å². The lowest BCUT2D eigenvalue weighted by atomic mass is 9.79. The van der Waals surface area contributed by atoms with Crippen molar-refractivity contribution in [2.75, 3.05) is 37.7 Å². The minimum Gasteiger partial charge on any atom is -0.376 e. The van der Waals surface area contributed by atoms with Gasteiger partial charge in [-0.05, 0) is 60.2 Å². The molecule has 7 nitrogen and oxygen atoms in total. The molecule has 0 aliphatic carbocycles. The minimum atomic E-state index is 0.00142. The number of hydrogen-bond donors (Lipinski definition) is 1. The summed E-state index contributed by atoms with van der Waals surface area (Å²) in [5.41, 5.74) is 8.30. The van der Waals surface area contributed by atoms with Crippen LogP contribution in [0.2, 0.25) is 0 Å². The van der Waals surface area contributed by atoms with Crippen LogP contribution < -0.4 is 4.90 Å². The molecule has 1 N–H and O–H groups in total. The van der Waals surface area contributed by atoms with Gasteiger partial charge in [0.2, 0.25) is 5.91 Å². The summed E-state index contributed by atoms with van der Waals surface area (Å²) in [6.07, 6.45) is 5.10. The first-order valence-corrected chi connectivity index (χ1v) is 11.8. The number of aromatic nitrogens is 2. The Balaban J connectivity index is 1.48. The predicted molar refractivity (Wildman–Crippen MR) is 130 cm³/mol. The predicted octanol–water partition coefficient (Wildman–Crippen LogP) is 3.71. The summed E-state index contributed by atoms with van der Waals surface area (Å²) < 4.78 is 5.87. The van der Waals surface area contributed by atoms with E-state index in [1.54, 1.807) is 0 Å². The Morgan fingerprint density at radius 3 is 2.97 bits per heavy atom. The molecule has 0 atom stereocenters. The van der Waals surface area contributed by atoms with Crippen LogP contribution in [-0.2, 0) is 22.6 Å². The summed E-state index contributed by atoms with van der Waals surface area (Å²) in [5, 5.41) is 18.9. The van der Waals surface area contributed by atoms with Crippen molar-refractivity contribution in [2.45, 2.75) is 26.4 Å². The summed E-state index contributed by atoms with van der Waals surface area (Å²) in [5.74, 6) is 0.00142. The van der Waals surface area contributed by atoms with E-state index in [0.717, 1.165) is 77.9 Å². The zero-order chi connectivity index (χ0) is 23.4. The van der Waals surface area contributed by atoms with Crippen LogP contribution in [0.5, 0.6) is 0 Å². The first-order chi connectivity index (χ1) is 16.5. The maximum Gasteiger partial charge on any atom is 0.245 e. The molecule has 0 unspecified atom stereocenters. The van der Waals surface area contributed by atoms with Crippen LogP contribution in [0.15, 0.2) is 37.1 Å². The molecule has 0 radical (unpaired) electrons. The van der Waals surface area contributed by atoms with E-state index in [4.69, 9.17) is 4.74 Å². The number of benzene rings is 2. The standard InChI is InChI=1S/C27H27N5O2/c1-3-24(33)32-15-27(16-32)7-8-31(14-27)23-10-18-6-9-34-13-21(18)26(19(23)11-28)25-17(2)4-5-22-20(25)12-29-30-22/h3-5,10,12H,1,6-9,13-16H2,2H3,(H,29,30). The number of aryl methyl sites for hydroxylation is 1. The number of rotatable bonds is 3. The van der Waals surface area contributed by atoms with Crippen LogP contribution in [0.25, 0.3) is 22.0 Å². The Bertz CT molecular complexity index is 1380. The molecular formula is C27H27N5O2. The Kier molecular flexibility index (Phi) is 4.75. The number of ether oxygens (including phenoxy) is 1. The molecule has 3 aromatic rings. The molecule has 0 bridgehead atoms. The summed E-state index contributed by atoms with van der Waals surface area (Å²) in [4.78, 5) is 16.2. The number of fused-ring (bicyclic) bond motifs is 2. The van der Waals surface area contributed by atoms with Crippen molar-refractivity contribution < 1.29 is 9.53 Å². The maximum absolute atomic E-state index is 12.0. The largest absolute Gasteiger partial charge is 0.376 e. The molecule has 1 aromatic heterocycles. The normalized spacial score (nSPS) is 18.6. The van der Waals surface area contributed by atoms with Gasteiger partial charge < -0.3 is 14.5 Å². The number of anilines is 1. The number of amides is 1. The molecule has 3 aliphatic heterocycles. The Morgan fingerprint density at radius 2 is 2.18 bits per heavy atom. The van der Waals surface area contributed by atoms with Gasteiger partial charge in [0.05, 0.1) is 36.2 Å². The van der Waals surface area contributed by atoms with E-state index in [2.05, 4.69) is 46.8 Å². The summed E-state index contributed by atoms with van der Waals surface area (Å²) >= 11 is 0. The van der Waals surface area contributed by atoms with Crippen LogP contribution in [0.3, 0.4) is 0 Å². The van der Waals surface area contributed by atoms with Crippen LogP contribution in [0.1, 0.15) is 28.7 Å². The smallest absolute Gasteiger partial charge is 0.245 e. The first kappa shape index (κ1) is 20.9. The molecule has 34 heavy (non-hydrogen) atoms. The van der Waals surface area contributed by atoms with E-state index in [1.165, 1.54) is 11.6 Å². The molecule has 1 spiro atoms. The molecule has 1 amide bonds. The zero-order valence-corrected chi connectivity index (χ0v) is 19.4. The highest BCUT2D eigenvalue weighted by Gasteiger charge is 2.49. The Labute approximate surface area is 198 Å². The number of carbonyl (C=O) groups excluding carboxylic acids is 1. The number of carbonyl (C=O) groups is 1. The second kappa shape index (κ2) is 7.71. The third-order valence-corrected chi connectivity index (χ3v) is 7.78. The van der Waals surface area contributed by atoms with Crippen molar-refractivity contribution >= 4 is 22.5 Å². The fourth-order valence-electron chi connectivity index (χ4n) is 6.05.